The minimum Gasteiger partial charge on any atom is -0.384 e. The summed E-state index contributed by atoms with van der Waals surface area (Å²) >= 11 is 0. The molecule has 0 aromatic carbocycles. The number of anilines is 1. The third-order valence-corrected chi connectivity index (χ3v) is 4.20. The van der Waals surface area contributed by atoms with Gasteiger partial charge >= 0.3 is 0 Å². The van der Waals surface area contributed by atoms with Crippen molar-refractivity contribution < 1.29 is 0 Å². The first-order valence-electron chi connectivity index (χ1n) is 7.09. The van der Waals surface area contributed by atoms with Crippen molar-refractivity contribution in [1.29, 1.82) is 0 Å². The third kappa shape index (κ3) is 1.57. The normalized spacial score (nSPS) is 11.6. The Labute approximate surface area is 127 Å². The lowest BCUT2D eigenvalue weighted by molar-refractivity contribution is 0.948. The molecule has 0 saturated carbocycles. The Kier molecular flexibility index (Phi) is 2.51. The maximum atomic E-state index is 6.02. The fourth-order valence-corrected chi connectivity index (χ4v) is 3.19. The van der Waals surface area contributed by atoms with Gasteiger partial charge in [0.15, 0.2) is 5.65 Å². The summed E-state index contributed by atoms with van der Waals surface area (Å²) in [5, 5.41) is 8.98. The number of nitrogens with two attached hydrogens (primary N) is 1. The number of fused-ring (bicyclic) bond motifs is 2. The van der Waals surface area contributed by atoms with E-state index in [2.05, 4.69) is 33.2 Å². The predicted molar refractivity (Wildman–Crippen MR) is 87.5 cm³/mol. The number of hydrogen-bond acceptors (Lipinski definition) is 4. The van der Waals surface area contributed by atoms with Crippen LogP contribution in [0.4, 0.5) is 5.82 Å². The maximum absolute atomic E-state index is 6.02. The van der Waals surface area contributed by atoms with Crippen LogP contribution < -0.4 is 5.73 Å². The lowest BCUT2D eigenvalue weighted by Crippen LogP contribution is -1.96. The van der Waals surface area contributed by atoms with Crippen LogP contribution in [0.3, 0.4) is 0 Å². The van der Waals surface area contributed by atoms with Crippen LogP contribution in [0.1, 0.15) is 11.3 Å². The van der Waals surface area contributed by atoms with E-state index >= 15 is 0 Å². The molecule has 0 atom stereocenters. The van der Waals surface area contributed by atoms with Gasteiger partial charge in [-0.1, -0.05) is 0 Å². The van der Waals surface area contributed by atoms with Crippen LogP contribution in [0.2, 0.25) is 0 Å². The van der Waals surface area contributed by atoms with Gasteiger partial charge in [0, 0.05) is 36.1 Å². The van der Waals surface area contributed by atoms with Crippen molar-refractivity contribution in [2.75, 3.05) is 5.73 Å². The summed E-state index contributed by atoms with van der Waals surface area (Å²) in [5.41, 5.74) is 11.9. The SMILES string of the molecule is Cc1nc2n[nH]c(N)c2c(C)c1-c1ccnc2c1ccn2C. The summed E-state index contributed by atoms with van der Waals surface area (Å²) in [5.74, 6) is 0.555. The zero-order chi connectivity index (χ0) is 15.4. The van der Waals surface area contributed by atoms with E-state index in [4.69, 9.17) is 5.73 Å². The Hall–Kier alpha value is -2.89. The summed E-state index contributed by atoms with van der Waals surface area (Å²) in [6.45, 7) is 4.06. The number of aryl methyl sites for hydroxylation is 3. The first kappa shape index (κ1) is 12.8. The molecule has 0 bridgehead atoms. The Bertz CT molecular complexity index is 1020. The van der Waals surface area contributed by atoms with Gasteiger partial charge in [0.25, 0.3) is 0 Å². The monoisotopic (exact) mass is 292 g/mol. The zero-order valence-electron chi connectivity index (χ0n) is 12.7. The molecule has 22 heavy (non-hydrogen) atoms. The fourth-order valence-electron chi connectivity index (χ4n) is 3.19. The minimum absolute atomic E-state index is 0.555. The number of nitrogen functional groups attached to an aromatic ring is 1. The molecule has 0 aliphatic heterocycles. The van der Waals surface area contributed by atoms with E-state index in [0.717, 1.165) is 38.8 Å². The van der Waals surface area contributed by atoms with Crippen molar-refractivity contribution in [3.63, 3.8) is 0 Å². The molecule has 110 valence electrons. The van der Waals surface area contributed by atoms with Crippen molar-refractivity contribution in [3.05, 3.63) is 35.8 Å². The van der Waals surface area contributed by atoms with E-state index in [9.17, 15) is 0 Å². The molecule has 4 aromatic rings. The minimum atomic E-state index is 0.555. The van der Waals surface area contributed by atoms with E-state index in [1.807, 2.05) is 37.0 Å². The molecule has 0 spiro atoms. The molecule has 6 heteroatoms. The van der Waals surface area contributed by atoms with E-state index in [0.29, 0.717) is 11.5 Å². The average Bonchev–Trinajstić information content (AvgIpc) is 3.04. The first-order chi connectivity index (χ1) is 10.6. The summed E-state index contributed by atoms with van der Waals surface area (Å²) in [6, 6.07) is 4.11. The maximum Gasteiger partial charge on any atom is 0.183 e. The molecule has 0 unspecified atom stereocenters. The molecule has 0 fully saturated rings. The molecule has 3 N–H and O–H groups in total. The summed E-state index contributed by atoms with van der Waals surface area (Å²) in [6.07, 6.45) is 3.85. The Morgan fingerprint density at radius 1 is 1.23 bits per heavy atom. The molecule has 0 radical (unpaired) electrons. The zero-order valence-corrected chi connectivity index (χ0v) is 12.7. The van der Waals surface area contributed by atoms with Gasteiger partial charge in [-0.3, -0.25) is 5.10 Å². The van der Waals surface area contributed by atoms with Gasteiger partial charge in [-0.15, -0.1) is 0 Å². The van der Waals surface area contributed by atoms with E-state index in [1.165, 1.54) is 0 Å². The standard InChI is InChI=1S/C16H16N6/c1-8-12(9(2)19-15-13(8)14(17)20-21-15)10-4-6-18-16-11(10)5-7-22(16)3/h4-7H,1-3H3,(H3,17,19,20,21). The average molecular weight is 292 g/mol. The number of rotatable bonds is 1. The van der Waals surface area contributed by atoms with Gasteiger partial charge in [0.1, 0.15) is 11.5 Å². The lowest BCUT2D eigenvalue weighted by atomic mass is 9.96. The number of nitrogens with one attached hydrogen (secondary N) is 1. The van der Waals surface area contributed by atoms with Crippen LogP contribution in [0.25, 0.3) is 33.2 Å². The molecule has 0 aliphatic rings. The summed E-state index contributed by atoms with van der Waals surface area (Å²) < 4.78 is 2.02. The Balaban J connectivity index is 2.14. The molecule has 6 nitrogen and oxygen atoms in total. The smallest absolute Gasteiger partial charge is 0.183 e. The van der Waals surface area contributed by atoms with Crippen molar-refractivity contribution in [3.8, 4) is 11.1 Å². The highest BCUT2D eigenvalue weighted by Gasteiger charge is 2.17. The largest absolute Gasteiger partial charge is 0.384 e. The van der Waals surface area contributed by atoms with Gasteiger partial charge in [0.2, 0.25) is 0 Å². The summed E-state index contributed by atoms with van der Waals surface area (Å²) in [4.78, 5) is 9.05. The van der Waals surface area contributed by atoms with Crippen molar-refractivity contribution in [2.45, 2.75) is 13.8 Å². The van der Waals surface area contributed by atoms with Crippen molar-refractivity contribution in [2.24, 2.45) is 7.05 Å². The molecule has 0 saturated heterocycles. The molecule has 4 heterocycles. The highest BCUT2D eigenvalue weighted by molar-refractivity contribution is 6.00. The van der Waals surface area contributed by atoms with Crippen LogP contribution in [0.5, 0.6) is 0 Å². The number of pyridine rings is 2. The van der Waals surface area contributed by atoms with Gasteiger partial charge in [-0.05, 0) is 37.1 Å². The second-order valence-electron chi connectivity index (χ2n) is 5.56. The number of aromatic nitrogens is 5. The van der Waals surface area contributed by atoms with E-state index < -0.39 is 0 Å². The van der Waals surface area contributed by atoms with Crippen LogP contribution in [-0.4, -0.2) is 24.7 Å². The Morgan fingerprint density at radius 3 is 2.86 bits per heavy atom. The second kappa shape index (κ2) is 4.30. The number of hydrogen-bond donors (Lipinski definition) is 2. The molecular formula is C16H16N6. The fraction of sp³-hybridized carbons (Fsp3) is 0.188. The van der Waals surface area contributed by atoms with E-state index in [1.54, 1.807) is 0 Å². The van der Waals surface area contributed by atoms with Crippen LogP contribution in [0.15, 0.2) is 24.5 Å². The first-order valence-corrected chi connectivity index (χ1v) is 7.09. The molecule has 0 aliphatic carbocycles. The topological polar surface area (TPSA) is 85.4 Å². The predicted octanol–water partition coefficient (Wildman–Crippen LogP) is 2.71. The molecule has 0 amide bonds. The van der Waals surface area contributed by atoms with Crippen LogP contribution >= 0.6 is 0 Å². The molecule has 4 rings (SSSR count). The van der Waals surface area contributed by atoms with Crippen LogP contribution in [-0.2, 0) is 7.05 Å². The summed E-state index contributed by atoms with van der Waals surface area (Å²) in [7, 11) is 1.99. The quantitative estimate of drug-likeness (QED) is 0.565. The highest BCUT2D eigenvalue weighted by Crippen LogP contribution is 2.36. The highest BCUT2D eigenvalue weighted by atomic mass is 15.2. The second-order valence-corrected chi connectivity index (χ2v) is 5.56. The number of aromatic amines is 1. The van der Waals surface area contributed by atoms with Crippen molar-refractivity contribution in [1.82, 2.24) is 24.7 Å². The number of nitrogens with zero attached hydrogens (tertiary/aromatic N) is 4. The third-order valence-electron chi connectivity index (χ3n) is 4.20. The molecular weight excluding hydrogens is 276 g/mol. The molecule has 4 aromatic heterocycles. The van der Waals surface area contributed by atoms with Gasteiger partial charge < -0.3 is 10.3 Å². The Morgan fingerprint density at radius 2 is 2.05 bits per heavy atom. The van der Waals surface area contributed by atoms with Gasteiger partial charge in [-0.25, -0.2) is 9.97 Å². The lowest BCUT2D eigenvalue weighted by Gasteiger charge is -2.12. The van der Waals surface area contributed by atoms with Gasteiger partial charge in [-0.2, -0.15) is 5.10 Å². The van der Waals surface area contributed by atoms with Crippen LogP contribution in [0, 0.1) is 13.8 Å². The van der Waals surface area contributed by atoms with Gasteiger partial charge in [0.05, 0.1) is 5.39 Å². The van der Waals surface area contributed by atoms with Crippen molar-refractivity contribution >= 4 is 27.9 Å². The number of H-pyrrole nitrogens is 1. The van der Waals surface area contributed by atoms with E-state index in [-0.39, 0.29) is 0 Å².